The van der Waals surface area contributed by atoms with E-state index >= 15 is 0 Å². The predicted octanol–water partition coefficient (Wildman–Crippen LogP) is 5.61. The zero-order valence-electron chi connectivity index (χ0n) is 17.3. The molecular formula is C20H19ClF3N7O. The van der Waals surface area contributed by atoms with Crippen molar-refractivity contribution in [1.29, 1.82) is 0 Å². The molecule has 3 rings (SSSR count). The van der Waals surface area contributed by atoms with Crippen LogP contribution in [0.4, 0.5) is 30.5 Å². The second kappa shape index (κ2) is 9.03. The van der Waals surface area contributed by atoms with Crippen molar-refractivity contribution < 1.29 is 13.2 Å². The van der Waals surface area contributed by atoms with Gasteiger partial charge in [0, 0.05) is 12.6 Å². The van der Waals surface area contributed by atoms with Gasteiger partial charge >= 0.3 is 6.18 Å². The molecule has 0 unspecified atom stereocenters. The van der Waals surface area contributed by atoms with Gasteiger partial charge in [-0.15, -0.1) is 0 Å². The highest BCUT2D eigenvalue weighted by Crippen LogP contribution is 2.30. The van der Waals surface area contributed by atoms with E-state index < -0.39 is 17.4 Å². The summed E-state index contributed by atoms with van der Waals surface area (Å²) in [5.74, 6) is 0.474. The van der Waals surface area contributed by atoms with Crippen molar-refractivity contribution in [2.45, 2.75) is 32.5 Å². The molecule has 32 heavy (non-hydrogen) atoms. The van der Waals surface area contributed by atoms with E-state index in [1.54, 1.807) is 26.8 Å². The molecule has 3 aromatic heterocycles. The van der Waals surface area contributed by atoms with Gasteiger partial charge in [0.1, 0.15) is 28.6 Å². The Hall–Kier alpha value is -3.34. The van der Waals surface area contributed by atoms with Crippen LogP contribution in [0.25, 0.3) is 11.5 Å². The van der Waals surface area contributed by atoms with Gasteiger partial charge in [0.25, 0.3) is 0 Å². The maximum Gasteiger partial charge on any atom is 0.433 e. The van der Waals surface area contributed by atoms with Gasteiger partial charge in [-0.2, -0.15) is 18.1 Å². The fourth-order valence-electron chi connectivity index (χ4n) is 2.50. The Kier molecular flexibility index (Phi) is 6.58. The van der Waals surface area contributed by atoms with Crippen LogP contribution in [0.15, 0.2) is 41.7 Å². The number of alkyl halides is 3. The first kappa shape index (κ1) is 23.3. The molecule has 0 atom stereocenters. The van der Waals surface area contributed by atoms with Gasteiger partial charge in [0.2, 0.25) is 0 Å². The molecule has 0 bridgehead atoms. The molecule has 3 aromatic rings. The van der Waals surface area contributed by atoms with Crippen LogP contribution >= 0.6 is 11.6 Å². The second-order valence-electron chi connectivity index (χ2n) is 7.54. The van der Waals surface area contributed by atoms with Gasteiger partial charge < -0.3 is 10.6 Å². The predicted molar refractivity (Wildman–Crippen MR) is 116 cm³/mol. The third kappa shape index (κ3) is 5.88. The molecule has 3 heterocycles. The van der Waals surface area contributed by atoms with Crippen LogP contribution in [0.1, 0.15) is 25.2 Å². The second-order valence-corrected chi connectivity index (χ2v) is 7.95. The maximum absolute atomic E-state index is 13.1. The van der Waals surface area contributed by atoms with Crippen molar-refractivity contribution >= 4 is 28.9 Å². The first-order chi connectivity index (χ1) is 15.0. The van der Waals surface area contributed by atoms with E-state index in [1.165, 1.54) is 24.4 Å². The molecule has 0 aliphatic carbocycles. The number of hydrogen-bond acceptors (Lipinski definition) is 8. The summed E-state index contributed by atoms with van der Waals surface area (Å²) in [6.45, 7) is 5.14. The van der Waals surface area contributed by atoms with Crippen LogP contribution in [0.2, 0.25) is 5.02 Å². The summed E-state index contributed by atoms with van der Waals surface area (Å²) < 4.78 is 39.3. The monoisotopic (exact) mass is 465 g/mol. The number of hydrogen-bond donors (Lipinski definition) is 2. The third-order valence-corrected chi connectivity index (χ3v) is 4.62. The molecule has 0 aromatic carbocycles. The van der Waals surface area contributed by atoms with E-state index in [4.69, 9.17) is 11.6 Å². The average Bonchev–Trinajstić information content (AvgIpc) is 2.74. The minimum absolute atomic E-state index is 0.0494. The van der Waals surface area contributed by atoms with Gasteiger partial charge in [0.05, 0.1) is 22.6 Å². The Labute approximate surface area is 186 Å². The van der Waals surface area contributed by atoms with Crippen LogP contribution in [0.5, 0.6) is 0 Å². The zero-order chi connectivity index (χ0) is 23.5. The highest BCUT2D eigenvalue weighted by atomic mass is 35.5. The molecule has 0 radical (unpaired) electrons. The first-order valence-corrected chi connectivity index (χ1v) is 9.76. The smallest absolute Gasteiger partial charge is 0.367 e. The minimum Gasteiger partial charge on any atom is -0.367 e. The molecule has 0 aliphatic rings. The van der Waals surface area contributed by atoms with Gasteiger partial charge in [-0.25, -0.2) is 15.0 Å². The fraction of sp³-hybridized carbons (Fsp3) is 0.300. The number of aryl methyl sites for hydroxylation is 1. The number of aromatic nitrogens is 4. The van der Waals surface area contributed by atoms with Crippen molar-refractivity contribution in [3.05, 3.63) is 57.8 Å². The summed E-state index contributed by atoms with van der Waals surface area (Å²) in [6.07, 6.45) is -3.07. The number of rotatable bonds is 7. The number of nitrogens with zero attached hydrogens (tertiary/aromatic N) is 5. The highest BCUT2D eigenvalue weighted by Gasteiger charge is 2.32. The van der Waals surface area contributed by atoms with Gasteiger partial charge in [-0.1, -0.05) is 22.8 Å². The largest absolute Gasteiger partial charge is 0.433 e. The molecule has 0 saturated heterocycles. The van der Waals surface area contributed by atoms with Crippen LogP contribution in [0, 0.1) is 11.8 Å². The molecule has 0 saturated carbocycles. The molecule has 0 fully saturated rings. The zero-order valence-corrected chi connectivity index (χ0v) is 18.1. The molecule has 0 amide bonds. The Balaban J connectivity index is 2.02. The van der Waals surface area contributed by atoms with E-state index in [0.29, 0.717) is 16.4 Å². The van der Waals surface area contributed by atoms with E-state index in [2.05, 4.69) is 35.7 Å². The lowest BCUT2D eigenvalue weighted by Crippen LogP contribution is -2.27. The number of nitroso groups, excluding NO2 is 1. The van der Waals surface area contributed by atoms with E-state index in [1.807, 2.05) is 0 Å². The Morgan fingerprint density at radius 1 is 1.09 bits per heavy atom. The summed E-state index contributed by atoms with van der Waals surface area (Å²) in [5.41, 5.74) is -0.906. The Bertz CT molecular complexity index is 1140. The lowest BCUT2D eigenvalue weighted by molar-refractivity contribution is -0.141. The lowest BCUT2D eigenvalue weighted by Gasteiger charge is -2.17. The Morgan fingerprint density at radius 2 is 1.81 bits per heavy atom. The van der Waals surface area contributed by atoms with E-state index in [0.717, 1.165) is 6.07 Å². The average molecular weight is 466 g/mol. The molecule has 2 N–H and O–H groups in total. The molecule has 0 aliphatic heterocycles. The molecule has 8 nitrogen and oxygen atoms in total. The minimum atomic E-state index is -4.61. The van der Waals surface area contributed by atoms with Crippen molar-refractivity contribution in [3.8, 4) is 11.5 Å². The van der Waals surface area contributed by atoms with Crippen molar-refractivity contribution in [1.82, 2.24) is 19.9 Å². The molecule has 168 valence electrons. The van der Waals surface area contributed by atoms with Crippen LogP contribution in [0.3, 0.4) is 0 Å². The highest BCUT2D eigenvalue weighted by molar-refractivity contribution is 6.31. The SMILES string of the molecule is Cc1ncc(Nc2cc(NCC(C)(C)N=O)nc(-c3cccc(C(F)(F)F)n3)n2)cc1Cl. The number of halogens is 4. The van der Waals surface area contributed by atoms with Crippen LogP contribution in [-0.2, 0) is 6.18 Å². The van der Waals surface area contributed by atoms with Crippen LogP contribution in [-0.4, -0.2) is 32.0 Å². The summed E-state index contributed by atoms with van der Waals surface area (Å²) in [4.78, 5) is 27.3. The summed E-state index contributed by atoms with van der Waals surface area (Å²) in [7, 11) is 0. The number of anilines is 3. The first-order valence-electron chi connectivity index (χ1n) is 9.38. The van der Waals surface area contributed by atoms with Crippen molar-refractivity contribution in [2.75, 3.05) is 17.2 Å². The number of nitrogens with one attached hydrogen (secondary N) is 2. The third-order valence-electron chi connectivity index (χ3n) is 4.24. The van der Waals surface area contributed by atoms with Crippen LogP contribution < -0.4 is 10.6 Å². The quantitative estimate of drug-likeness (QED) is 0.436. The van der Waals surface area contributed by atoms with E-state index in [-0.39, 0.29) is 29.7 Å². The topological polar surface area (TPSA) is 105 Å². The van der Waals surface area contributed by atoms with E-state index in [9.17, 15) is 18.1 Å². The van der Waals surface area contributed by atoms with Gasteiger partial charge in [-0.05, 0) is 39.0 Å². The van der Waals surface area contributed by atoms with Crippen molar-refractivity contribution in [3.63, 3.8) is 0 Å². The molecular weight excluding hydrogens is 447 g/mol. The summed E-state index contributed by atoms with van der Waals surface area (Å²) >= 11 is 6.11. The van der Waals surface area contributed by atoms with Gasteiger partial charge in [-0.3, -0.25) is 4.98 Å². The van der Waals surface area contributed by atoms with Gasteiger partial charge in [0.15, 0.2) is 5.82 Å². The molecule has 0 spiro atoms. The summed E-state index contributed by atoms with van der Waals surface area (Å²) in [5, 5.41) is 9.43. The summed E-state index contributed by atoms with van der Waals surface area (Å²) in [6, 6.07) is 6.64. The van der Waals surface area contributed by atoms with Crippen molar-refractivity contribution in [2.24, 2.45) is 5.18 Å². The Morgan fingerprint density at radius 3 is 2.47 bits per heavy atom. The maximum atomic E-state index is 13.1. The lowest BCUT2D eigenvalue weighted by atomic mass is 10.1. The normalized spacial score (nSPS) is 11.8. The molecule has 12 heteroatoms. The fourth-order valence-corrected chi connectivity index (χ4v) is 2.66. The standard InChI is InChI=1S/C20H19ClF3N7O/c1-11-13(21)7-12(9-25-11)27-17-8-16(26-10-19(2,3)31-32)29-18(30-17)14-5-4-6-15(28-14)20(22,23)24/h4-9H,10H2,1-3H3,(H2,26,27,29,30). The number of pyridine rings is 2.